The molecule has 0 saturated heterocycles. The number of rotatable bonds is 5. The van der Waals surface area contributed by atoms with Crippen LogP contribution in [0.4, 0.5) is 0 Å². The van der Waals surface area contributed by atoms with Crippen LogP contribution >= 0.6 is 0 Å². The van der Waals surface area contributed by atoms with Gasteiger partial charge in [-0.3, -0.25) is 4.79 Å². The minimum absolute atomic E-state index is 0.199. The molecule has 1 atom stereocenters. The normalized spacial score (nSPS) is 18.0. The standard InChI is InChI=1S/C21H19NO4/c23-19(17-10-9-14-7-4-8-16(14)11-17)13-25-21(24)20-12-18(22-26-20)15-5-2-1-3-6-15/h1-3,5-6,9-11,20H,4,7-8,12-13H2. The topological polar surface area (TPSA) is 65.0 Å². The van der Waals surface area contributed by atoms with E-state index in [1.54, 1.807) is 0 Å². The van der Waals surface area contributed by atoms with Crippen molar-refractivity contribution in [1.29, 1.82) is 0 Å². The van der Waals surface area contributed by atoms with E-state index in [1.807, 2.05) is 48.5 Å². The summed E-state index contributed by atoms with van der Waals surface area (Å²) < 4.78 is 5.16. The Hall–Kier alpha value is -2.95. The van der Waals surface area contributed by atoms with Gasteiger partial charge in [0, 0.05) is 12.0 Å². The Bertz CT molecular complexity index is 873. The molecule has 1 aliphatic carbocycles. The van der Waals surface area contributed by atoms with E-state index in [9.17, 15) is 9.59 Å². The third kappa shape index (κ3) is 3.38. The maximum atomic E-state index is 12.3. The first-order valence-corrected chi connectivity index (χ1v) is 8.80. The average molecular weight is 349 g/mol. The van der Waals surface area contributed by atoms with Crippen LogP contribution in [0.5, 0.6) is 0 Å². The van der Waals surface area contributed by atoms with Crippen molar-refractivity contribution in [2.24, 2.45) is 5.16 Å². The van der Waals surface area contributed by atoms with Crippen molar-refractivity contribution in [3.05, 3.63) is 70.8 Å². The summed E-state index contributed by atoms with van der Waals surface area (Å²) in [7, 11) is 0. The molecular formula is C21H19NO4. The number of ketones is 1. The fraction of sp³-hybridized carbons (Fsp3) is 0.286. The lowest BCUT2D eigenvalue weighted by molar-refractivity contribution is -0.154. The number of carbonyl (C=O) groups is 2. The average Bonchev–Trinajstić information content (AvgIpc) is 3.35. The summed E-state index contributed by atoms with van der Waals surface area (Å²) in [5.74, 6) is -0.760. The van der Waals surface area contributed by atoms with Crippen molar-refractivity contribution in [3.63, 3.8) is 0 Å². The van der Waals surface area contributed by atoms with E-state index in [0.717, 1.165) is 24.8 Å². The summed E-state index contributed by atoms with van der Waals surface area (Å²) in [5, 5.41) is 3.96. The van der Waals surface area contributed by atoms with Gasteiger partial charge in [-0.2, -0.15) is 0 Å². The van der Waals surface area contributed by atoms with E-state index in [0.29, 0.717) is 17.7 Å². The Morgan fingerprint density at radius 2 is 1.88 bits per heavy atom. The zero-order valence-electron chi connectivity index (χ0n) is 14.3. The molecule has 132 valence electrons. The third-order valence-corrected chi connectivity index (χ3v) is 4.80. The number of oxime groups is 1. The molecule has 0 fully saturated rings. The molecule has 0 bridgehead atoms. The maximum absolute atomic E-state index is 12.3. The molecular weight excluding hydrogens is 330 g/mol. The lowest BCUT2D eigenvalue weighted by Gasteiger charge is -2.09. The van der Waals surface area contributed by atoms with Gasteiger partial charge in [-0.1, -0.05) is 47.6 Å². The minimum atomic E-state index is -0.793. The van der Waals surface area contributed by atoms with E-state index in [-0.39, 0.29) is 12.4 Å². The summed E-state index contributed by atoms with van der Waals surface area (Å²) in [5.41, 5.74) is 4.74. The maximum Gasteiger partial charge on any atom is 0.351 e. The molecule has 5 heteroatoms. The highest BCUT2D eigenvalue weighted by Gasteiger charge is 2.30. The number of benzene rings is 2. The number of hydrogen-bond donors (Lipinski definition) is 0. The van der Waals surface area contributed by atoms with E-state index < -0.39 is 12.1 Å². The number of esters is 1. The van der Waals surface area contributed by atoms with Crippen LogP contribution in [0.3, 0.4) is 0 Å². The predicted octanol–water partition coefficient (Wildman–Crippen LogP) is 3.09. The van der Waals surface area contributed by atoms with Gasteiger partial charge in [-0.05, 0) is 42.0 Å². The number of fused-ring (bicyclic) bond motifs is 1. The van der Waals surface area contributed by atoms with Crippen molar-refractivity contribution >= 4 is 17.5 Å². The van der Waals surface area contributed by atoms with Gasteiger partial charge in [0.2, 0.25) is 6.10 Å². The molecule has 1 heterocycles. The van der Waals surface area contributed by atoms with E-state index in [1.165, 1.54) is 11.1 Å². The molecule has 0 N–H and O–H groups in total. The molecule has 4 rings (SSSR count). The Kier molecular flexibility index (Phi) is 4.52. The number of Topliss-reactive ketones (excluding diaryl/α,β-unsaturated/α-hetero) is 1. The Balaban J connectivity index is 1.31. The molecule has 0 amide bonds. The molecule has 0 aromatic heterocycles. The lowest BCUT2D eigenvalue weighted by Crippen LogP contribution is -2.26. The van der Waals surface area contributed by atoms with Crippen LogP contribution < -0.4 is 0 Å². The number of ether oxygens (including phenoxy) is 1. The SMILES string of the molecule is O=C(COC(=O)C1CC(c2ccccc2)=NO1)c1ccc2c(c1)CCC2. The molecule has 2 aliphatic rings. The second-order valence-electron chi connectivity index (χ2n) is 6.57. The van der Waals surface area contributed by atoms with E-state index in [2.05, 4.69) is 5.16 Å². The van der Waals surface area contributed by atoms with Crippen molar-refractivity contribution in [3.8, 4) is 0 Å². The molecule has 0 radical (unpaired) electrons. The second-order valence-corrected chi connectivity index (χ2v) is 6.57. The molecule has 5 nitrogen and oxygen atoms in total. The minimum Gasteiger partial charge on any atom is -0.454 e. The molecule has 2 aromatic rings. The number of carbonyl (C=O) groups excluding carboxylic acids is 2. The molecule has 2 aromatic carbocycles. The predicted molar refractivity (Wildman–Crippen MR) is 96.2 cm³/mol. The first-order chi connectivity index (χ1) is 12.7. The molecule has 0 spiro atoms. The van der Waals surface area contributed by atoms with Gasteiger partial charge < -0.3 is 9.57 Å². The van der Waals surface area contributed by atoms with Gasteiger partial charge in [-0.25, -0.2) is 4.79 Å². The van der Waals surface area contributed by atoms with Gasteiger partial charge in [0.05, 0.1) is 5.71 Å². The van der Waals surface area contributed by atoms with Crippen LogP contribution in [-0.2, 0) is 27.2 Å². The van der Waals surface area contributed by atoms with Crippen LogP contribution in [0.2, 0.25) is 0 Å². The Labute approximate surface area is 151 Å². The highest BCUT2D eigenvalue weighted by Crippen LogP contribution is 2.23. The fourth-order valence-corrected chi connectivity index (χ4v) is 3.36. The van der Waals surface area contributed by atoms with E-state index >= 15 is 0 Å². The van der Waals surface area contributed by atoms with Crippen molar-refractivity contribution in [2.45, 2.75) is 31.8 Å². The number of aryl methyl sites for hydroxylation is 2. The third-order valence-electron chi connectivity index (χ3n) is 4.80. The molecule has 1 unspecified atom stereocenters. The van der Waals surface area contributed by atoms with Crippen molar-refractivity contribution in [2.75, 3.05) is 6.61 Å². The zero-order chi connectivity index (χ0) is 17.9. The summed E-state index contributed by atoms with van der Waals surface area (Å²) in [6.07, 6.45) is 2.76. The Morgan fingerprint density at radius 1 is 1.08 bits per heavy atom. The summed E-state index contributed by atoms with van der Waals surface area (Å²) >= 11 is 0. The van der Waals surface area contributed by atoms with Crippen LogP contribution in [0.15, 0.2) is 53.7 Å². The van der Waals surface area contributed by atoms with Crippen LogP contribution in [0.25, 0.3) is 0 Å². The van der Waals surface area contributed by atoms with Gasteiger partial charge in [0.1, 0.15) is 0 Å². The second kappa shape index (κ2) is 7.12. The first kappa shape index (κ1) is 16.5. The van der Waals surface area contributed by atoms with Gasteiger partial charge in [-0.15, -0.1) is 0 Å². The summed E-state index contributed by atoms with van der Waals surface area (Å²) in [6.45, 7) is -0.280. The Morgan fingerprint density at radius 3 is 2.73 bits per heavy atom. The van der Waals surface area contributed by atoms with Crippen molar-refractivity contribution in [1.82, 2.24) is 0 Å². The van der Waals surface area contributed by atoms with Crippen LogP contribution in [-0.4, -0.2) is 30.2 Å². The highest BCUT2D eigenvalue weighted by atomic mass is 16.7. The van der Waals surface area contributed by atoms with Gasteiger partial charge in [0.25, 0.3) is 0 Å². The lowest BCUT2D eigenvalue weighted by atomic mass is 10.0. The van der Waals surface area contributed by atoms with Gasteiger partial charge in [0.15, 0.2) is 12.4 Å². The fourth-order valence-electron chi connectivity index (χ4n) is 3.36. The largest absolute Gasteiger partial charge is 0.454 e. The monoisotopic (exact) mass is 349 g/mol. The number of hydrogen-bond acceptors (Lipinski definition) is 5. The summed E-state index contributed by atoms with van der Waals surface area (Å²) in [6, 6.07) is 15.3. The van der Waals surface area contributed by atoms with Gasteiger partial charge >= 0.3 is 5.97 Å². The quantitative estimate of drug-likeness (QED) is 0.615. The van der Waals surface area contributed by atoms with E-state index in [4.69, 9.17) is 9.57 Å². The van der Waals surface area contributed by atoms with Crippen LogP contribution in [0, 0.1) is 0 Å². The highest BCUT2D eigenvalue weighted by molar-refractivity contribution is 6.04. The molecule has 0 saturated carbocycles. The molecule has 26 heavy (non-hydrogen) atoms. The van der Waals surface area contributed by atoms with Crippen molar-refractivity contribution < 1.29 is 19.2 Å². The molecule has 1 aliphatic heterocycles. The zero-order valence-corrected chi connectivity index (χ0v) is 14.3. The first-order valence-electron chi connectivity index (χ1n) is 8.80. The van der Waals surface area contributed by atoms with Crippen LogP contribution in [0.1, 0.15) is 39.9 Å². The smallest absolute Gasteiger partial charge is 0.351 e. The number of nitrogens with zero attached hydrogens (tertiary/aromatic N) is 1. The summed E-state index contributed by atoms with van der Waals surface area (Å²) in [4.78, 5) is 29.7.